The molecule has 94 valence electrons. The Bertz CT molecular complexity index is 582. The summed E-state index contributed by atoms with van der Waals surface area (Å²) in [7, 11) is 0. The molecule has 0 atom stereocenters. The number of anilines is 1. The first-order chi connectivity index (χ1) is 8.79. The summed E-state index contributed by atoms with van der Waals surface area (Å²) in [5.41, 5.74) is 8.59. The van der Waals surface area contributed by atoms with E-state index in [0.717, 1.165) is 30.2 Å². The van der Waals surface area contributed by atoms with Crippen LogP contribution in [-0.4, -0.2) is 15.8 Å². The molecule has 1 aromatic carbocycles. The Balaban J connectivity index is 2.13. The molecule has 4 nitrogen and oxygen atoms in total. The van der Waals surface area contributed by atoms with Gasteiger partial charge in [-0.3, -0.25) is 4.79 Å². The molecule has 2 N–H and O–H groups in total. The maximum Gasteiger partial charge on any atom is 0.201 e. The highest BCUT2D eigenvalue weighted by Crippen LogP contribution is 2.33. The first-order valence-corrected chi connectivity index (χ1v) is 6.52. The lowest BCUT2D eigenvalue weighted by atomic mass is 9.95. The molecule has 0 amide bonds. The minimum atomic E-state index is 0.436. The number of nitrogen functional groups attached to an aromatic ring is 1. The Labute approximate surface area is 106 Å². The number of carbonyl (C=O) groups excluding carboxylic acids is 1. The number of fused-ring (bicyclic) bond motifs is 1. The van der Waals surface area contributed by atoms with Crippen LogP contribution in [0.3, 0.4) is 0 Å². The van der Waals surface area contributed by atoms with E-state index in [1.165, 1.54) is 19.3 Å². The van der Waals surface area contributed by atoms with Crippen molar-refractivity contribution in [3.63, 3.8) is 0 Å². The quantitative estimate of drug-likeness (QED) is 0.825. The lowest BCUT2D eigenvalue weighted by Gasteiger charge is -2.24. The van der Waals surface area contributed by atoms with E-state index >= 15 is 0 Å². The average Bonchev–Trinajstić information content (AvgIpc) is 2.74. The summed E-state index contributed by atoms with van der Waals surface area (Å²) < 4.78 is 2.11. The molecule has 1 aliphatic rings. The summed E-state index contributed by atoms with van der Waals surface area (Å²) >= 11 is 0. The Hall–Kier alpha value is -1.84. The molecular formula is C14H17N3O. The highest BCUT2D eigenvalue weighted by molar-refractivity contribution is 5.86. The van der Waals surface area contributed by atoms with Crippen LogP contribution in [0.15, 0.2) is 18.2 Å². The Kier molecular flexibility index (Phi) is 2.78. The van der Waals surface area contributed by atoms with Crippen LogP contribution in [0.5, 0.6) is 0 Å². The van der Waals surface area contributed by atoms with Gasteiger partial charge in [-0.15, -0.1) is 0 Å². The molecule has 0 bridgehead atoms. The lowest BCUT2D eigenvalue weighted by molar-refractivity contribution is 0.112. The number of nitrogens with two attached hydrogens (primary N) is 1. The second-order valence-electron chi connectivity index (χ2n) is 5.00. The van der Waals surface area contributed by atoms with Gasteiger partial charge in [0.1, 0.15) is 6.29 Å². The van der Waals surface area contributed by atoms with Gasteiger partial charge in [-0.05, 0) is 31.0 Å². The Morgan fingerprint density at radius 2 is 2.06 bits per heavy atom. The Morgan fingerprint density at radius 1 is 1.28 bits per heavy atom. The number of benzene rings is 1. The number of imidazole rings is 1. The molecule has 1 aliphatic carbocycles. The van der Waals surface area contributed by atoms with E-state index in [2.05, 4.69) is 9.55 Å². The van der Waals surface area contributed by atoms with Crippen LogP contribution in [0.2, 0.25) is 0 Å². The van der Waals surface area contributed by atoms with Gasteiger partial charge in [-0.2, -0.15) is 0 Å². The van der Waals surface area contributed by atoms with Gasteiger partial charge in [0.25, 0.3) is 0 Å². The summed E-state index contributed by atoms with van der Waals surface area (Å²) in [5, 5.41) is 0. The maximum absolute atomic E-state index is 10.9. The third-order valence-corrected chi connectivity index (χ3v) is 3.82. The molecule has 3 rings (SSSR count). The number of aromatic nitrogens is 2. The number of hydrogen-bond acceptors (Lipinski definition) is 3. The van der Waals surface area contributed by atoms with E-state index in [9.17, 15) is 4.79 Å². The van der Waals surface area contributed by atoms with Crippen molar-refractivity contribution in [1.29, 1.82) is 0 Å². The zero-order chi connectivity index (χ0) is 12.5. The zero-order valence-corrected chi connectivity index (χ0v) is 10.3. The minimum Gasteiger partial charge on any atom is -0.369 e. The van der Waals surface area contributed by atoms with Gasteiger partial charge in [0, 0.05) is 11.6 Å². The van der Waals surface area contributed by atoms with Crippen LogP contribution in [0.25, 0.3) is 11.0 Å². The van der Waals surface area contributed by atoms with Crippen molar-refractivity contribution in [2.75, 3.05) is 5.73 Å². The maximum atomic E-state index is 10.9. The third-order valence-electron chi connectivity index (χ3n) is 3.82. The topological polar surface area (TPSA) is 60.9 Å². The van der Waals surface area contributed by atoms with E-state index in [0.29, 0.717) is 17.6 Å². The van der Waals surface area contributed by atoms with Crippen LogP contribution in [0, 0.1) is 0 Å². The number of carbonyl (C=O) groups is 1. The first-order valence-electron chi connectivity index (χ1n) is 6.52. The largest absolute Gasteiger partial charge is 0.369 e. The smallest absolute Gasteiger partial charge is 0.201 e. The molecule has 4 heteroatoms. The normalized spacial score (nSPS) is 17.1. The van der Waals surface area contributed by atoms with Gasteiger partial charge in [0.15, 0.2) is 0 Å². The number of aldehydes is 1. The van der Waals surface area contributed by atoms with Crippen molar-refractivity contribution < 1.29 is 4.79 Å². The fourth-order valence-corrected chi connectivity index (χ4v) is 2.92. The molecule has 0 spiro atoms. The Morgan fingerprint density at radius 3 is 2.78 bits per heavy atom. The molecule has 18 heavy (non-hydrogen) atoms. The molecule has 0 aliphatic heterocycles. The highest BCUT2D eigenvalue weighted by atomic mass is 16.1. The fourth-order valence-electron chi connectivity index (χ4n) is 2.92. The van der Waals surface area contributed by atoms with Gasteiger partial charge >= 0.3 is 0 Å². The SMILES string of the molecule is Nc1nc2ccc(C=O)cc2n1C1CCCCC1. The van der Waals surface area contributed by atoms with Crippen molar-refractivity contribution in [1.82, 2.24) is 9.55 Å². The van der Waals surface area contributed by atoms with E-state index in [-0.39, 0.29) is 0 Å². The van der Waals surface area contributed by atoms with Gasteiger partial charge in [-0.1, -0.05) is 19.3 Å². The average molecular weight is 243 g/mol. The van der Waals surface area contributed by atoms with Crippen molar-refractivity contribution in [3.8, 4) is 0 Å². The van der Waals surface area contributed by atoms with Crippen LogP contribution < -0.4 is 5.73 Å². The molecule has 1 aromatic heterocycles. The molecule has 0 radical (unpaired) electrons. The molecule has 1 fully saturated rings. The number of nitrogens with zero attached hydrogens (tertiary/aromatic N) is 2. The predicted molar refractivity (Wildman–Crippen MR) is 71.7 cm³/mol. The van der Waals surface area contributed by atoms with E-state index < -0.39 is 0 Å². The summed E-state index contributed by atoms with van der Waals surface area (Å²) in [4.78, 5) is 15.3. The first kappa shape index (κ1) is 11.3. The van der Waals surface area contributed by atoms with Crippen LogP contribution in [-0.2, 0) is 0 Å². The van der Waals surface area contributed by atoms with Gasteiger partial charge in [-0.25, -0.2) is 4.98 Å². The van der Waals surface area contributed by atoms with Crippen LogP contribution >= 0.6 is 0 Å². The second kappa shape index (κ2) is 4.44. The van der Waals surface area contributed by atoms with E-state index in [1.807, 2.05) is 12.1 Å². The predicted octanol–water partition coefficient (Wildman–Crippen LogP) is 2.94. The summed E-state index contributed by atoms with van der Waals surface area (Å²) in [6, 6.07) is 5.98. The monoisotopic (exact) mass is 243 g/mol. The summed E-state index contributed by atoms with van der Waals surface area (Å²) in [6.07, 6.45) is 6.98. The molecule has 0 unspecified atom stereocenters. The van der Waals surface area contributed by atoms with Crippen molar-refractivity contribution >= 4 is 23.3 Å². The fraction of sp³-hybridized carbons (Fsp3) is 0.429. The third kappa shape index (κ3) is 1.78. The van der Waals surface area contributed by atoms with Crippen molar-refractivity contribution in [2.24, 2.45) is 0 Å². The second-order valence-corrected chi connectivity index (χ2v) is 5.00. The van der Waals surface area contributed by atoms with Crippen LogP contribution in [0.1, 0.15) is 48.5 Å². The van der Waals surface area contributed by atoms with Crippen molar-refractivity contribution in [3.05, 3.63) is 23.8 Å². The van der Waals surface area contributed by atoms with E-state index in [4.69, 9.17) is 5.73 Å². The molecule has 0 saturated heterocycles. The zero-order valence-electron chi connectivity index (χ0n) is 10.3. The summed E-state index contributed by atoms with van der Waals surface area (Å²) in [5.74, 6) is 0.569. The molecule has 2 aromatic rings. The van der Waals surface area contributed by atoms with Crippen molar-refractivity contribution in [2.45, 2.75) is 38.1 Å². The lowest BCUT2D eigenvalue weighted by Crippen LogP contribution is -2.14. The minimum absolute atomic E-state index is 0.436. The molecule has 1 heterocycles. The van der Waals surface area contributed by atoms with Gasteiger partial charge in [0.2, 0.25) is 5.95 Å². The van der Waals surface area contributed by atoms with Crippen LogP contribution in [0.4, 0.5) is 5.95 Å². The number of rotatable bonds is 2. The van der Waals surface area contributed by atoms with Gasteiger partial charge < -0.3 is 10.3 Å². The molecule has 1 saturated carbocycles. The standard InChI is InChI=1S/C14H17N3O/c15-14-16-12-7-6-10(9-18)8-13(12)17(14)11-4-2-1-3-5-11/h6-9,11H,1-5H2,(H2,15,16). The molecular weight excluding hydrogens is 226 g/mol. The van der Waals surface area contributed by atoms with E-state index in [1.54, 1.807) is 6.07 Å². The summed E-state index contributed by atoms with van der Waals surface area (Å²) in [6.45, 7) is 0. The number of hydrogen-bond donors (Lipinski definition) is 1. The highest BCUT2D eigenvalue weighted by Gasteiger charge is 2.20. The van der Waals surface area contributed by atoms with Gasteiger partial charge in [0.05, 0.1) is 11.0 Å².